The summed E-state index contributed by atoms with van der Waals surface area (Å²) in [6.45, 7) is 13.8. The van der Waals surface area contributed by atoms with Gasteiger partial charge in [-0.15, -0.1) is 0 Å². The standard InChI is InChI=1S/C12H31NO6Si3/c1-20(2,3)18-22(6,7)19-21(4,5)10-13-12(16)17-9-11(15)8-14/h11,14-15H,8-10H2,1-7H3,(H,13,16). The smallest absolute Gasteiger partial charge is 0.407 e. The molecule has 0 aromatic rings. The van der Waals surface area contributed by atoms with Crippen LogP contribution in [0.4, 0.5) is 4.79 Å². The van der Waals surface area contributed by atoms with Gasteiger partial charge in [0.2, 0.25) is 0 Å². The molecular formula is C12H31NO6Si3. The molecule has 0 aliphatic carbocycles. The first-order valence-electron chi connectivity index (χ1n) is 7.36. The molecule has 0 aromatic heterocycles. The largest absolute Gasteiger partial charge is 0.447 e. The van der Waals surface area contributed by atoms with Crippen LogP contribution in [0.3, 0.4) is 0 Å². The van der Waals surface area contributed by atoms with Gasteiger partial charge in [-0.2, -0.15) is 0 Å². The molecule has 0 fully saturated rings. The van der Waals surface area contributed by atoms with Gasteiger partial charge < -0.3 is 28.5 Å². The van der Waals surface area contributed by atoms with E-state index in [4.69, 9.17) is 23.2 Å². The van der Waals surface area contributed by atoms with Crippen LogP contribution in [0.15, 0.2) is 0 Å². The highest BCUT2D eigenvalue weighted by Gasteiger charge is 2.38. The number of alkyl carbamates (subject to hydrolysis) is 1. The van der Waals surface area contributed by atoms with Gasteiger partial charge in [-0.25, -0.2) is 4.79 Å². The molecule has 1 amide bonds. The van der Waals surface area contributed by atoms with E-state index in [0.717, 1.165) is 0 Å². The zero-order valence-corrected chi connectivity index (χ0v) is 17.7. The van der Waals surface area contributed by atoms with Crippen LogP contribution in [0.25, 0.3) is 0 Å². The minimum Gasteiger partial charge on any atom is -0.447 e. The van der Waals surface area contributed by atoms with Gasteiger partial charge in [-0.05, 0) is 45.8 Å². The first kappa shape index (κ1) is 21.8. The molecule has 0 aliphatic heterocycles. The Hall–Kier alpha value is -0.239. The lowest BCUT2D eigenvalue weighted by atomic mass is 10.4. The van der Waals surface area contributed by atoms with Crippen LogP contribution in [-0.2, 0) is 13.0 Å². The van der Waals surface area contributed by atoms with Gasteiger partial charge in [0.05, 0.1) is 6.61 Å². The number of amides is 1. The highest BCUT2D eigenvalue weighted by molar-refractivity contribution is 6.87. The number of rotatable bonds is 9. The molecule has 1 unspecified atom stereocenters. The molecule has 0 aromatic carbocycles. The molecule has 0 aliphatic rings. The molecule has 0 rings (SSSR count). The molecule has 0 saturated heterocycles. The van der Waals surface area contributed by atoms with Crippen LogP contribution in [0.5, 0.6) is 0 Å². The quantitative estimate of drug-likeness (QED) is 0.531. The number of ether oxygens (including phenoxy) is 1. The normalized spacial score (nSPS) is 14.6. The Morgan fingerprint density at radius 3 is 2.09 bits per heavy atom. The zero-order valence-electron chi connectivity index (χ0n) is 14.7. The number of aliphatic hydroxyl groups excluding tert-OH is 2. The molecule has 0 heterocycles. The third-order valence-corrected chi connectivity index (χ3v) is 12.0. The summed E-state index contributed by atoms with van der Waals surface area (Å²) in [4.78, 5) is 11.5. The van der Waals surface area contributed by atoms with Crippen LogP contribution in [0, 0.1) is 0 Å². The molecule has 132 valence electrons. The Morgan fingerprint density at radius 2 is 1.64 bits per heavy atom. The number of hydrogen-bond acceptors (Lipinski definition) is 6. The zero-order chi connectivity index (χ0) is 17.6. The van der Waals surface area contributed by atoms with Crippen molar-refractivity contribution in [2.45, 2.75) is 51.9 Å². The fourth-order valence-corrected chi connectivity index (χ4v) is 14.6. The van der Waals surface area contributed by atoms with E-state index >= 15 is 0 Å². The second kappa shape index (κ2) is 8.57. The van der Waals surface area contributed by atoms with Crippen molar-refractivity contribution in [3.63, 3.8) is 0 Å². The molecule has 0 saturated carbocycles. The Bertz CT molecular complexity index is 359. The van der Waals surface area contributed by atoms with Crippen molar-refractivity contribution < 1.29 is 28.0 Å². The summed E-state index contributed by atoms with van der Waals surface area (Å²) in [6.07, 6.45) is -1.28. The van der Waals surface area contributed by atoms with Crippen molar-refractivity contribution >= 4 is 31.3 Å². The molecular weight excluding hydrogens is 338 g/mol. The number of aliphatic hydroxyl groups is 2. The van der Waals surface area contributed by atoms with Crippen LogP contribution in [-0.4, -0.2) is 67.0 Å². The van der Waals surface area contributed by atoms with E-state index in [1.807, 2.05) is 26.2 Å². The van der Waals surface area contributed by atoms with Crippen LogP contribution in [0.1, 0.15) is 0 Å². The van der Waals surface area contributed by atoms with Crippen LogP contribution >= 0.6 is 0 Å². The minimum absolute atomic E-state index is 0.232. The molecule has 0 spiro atoms. The van der Waals surface area contributed by atoms with Crippen molar-refractivity contribution in [3.05, 3.63) is 0 Å². The summed E-state index contributed by atoms with van der Waals surface area (Å²) in [7, 11) is -6.03. The average Bonchev–Trinajstić information content (AvgIpc) is 2.28. The molecule has 10 heteroatoms. The first-order chi connectivity index (χ1) is 9.76. The summed E-state index contributed by atoms with van der Waals surface area (Å²) in [5.74, 6) is 0. The minimum atomic E-state index is -2.23. The van der Waals surface area contributed by atoms with Gasteiger partial charge in [0, 0.05) is 6.17 Å². The van der Waals surface area contributed by atoms with Crippen molar-refractivity contribution in [2.75, 3.05) is 19.4 Å². The number of carbonyl (C=O) groups is 1. The monoisotopic (exact) mass is 369 g/mol. The van der Waals surface area contributed by atoms with Gasteiger partial charge in [0.1, 0.15) is 12.7 Å². The van der Waals surface area contributed by atoms with Gasteiger partial charge >= 0.3 is 14.7 Å². The molecule has 1 atom stereocenters. The first-order valence-corrected chi connectivity index (χ1v) is 16.7. The molecule has 3 N–H and O–H groups in total. The summed E-state index contributed by atoms with van der Waals surface area (Å²) in [5, 5.41) is 20.4. The van der Waals surface area contributed by atoms with Crippen molar-refractivity contribution in [1.82, 2.24) is 5.32 Å². The topological polar surface area (TPSA) is 97.3 Å². The third-order valence-electron chi connectivity index (χ3n) is 2.35. The Balaban J connectivity index is 4.31. The predicted octanol–water partition coefficient (Wildman–Crippen LogP) is 1.38. The maximum absolute atomic E-state index is 11.5. The van der Waals surface area contributed by atoms with E-state index in [2.05, 4.69) is 25.0 Å². The molecule has 0 bridgehead atoms. The molecule has 22 heavy (non-hydrogen) atoms. The van der Waals surface area contributed by atoms with Crippen LogP contribution in [0.2, 0.25) is 45.8 Å². The van der Waals surface area contributed by atoms with E-state index in [9.17, 15) is 4.79 Å². The maximum Gasteiger partial charge on any atom is 0.407 e. The third kappa shape index (κ3) is 11.3. The molecule has 0 radical (unpaired) electrons. The average molecular weight is 370 g/mol. The lowest BCUT2D eigenvalue weighted by Gasteiger charge is -2.37. The van der Waals surface area contributed by atoms with Gasteiger partial charge in [0.15, 0.2) is 16.6 Å². The number of carbonyl (C=O) groups excluding carboxylic acids is 1. The van der Waals surface area contributed by atoms with Gasteiger partial charge in [-0.3, -0.25) is 0 Å². The fourth-order valence-electron chi connectivity index (χ4n) is 2.02. The van der Waals surface area contributed by atoms with Crippen molar-refractivity contribution in [1.29, 1.82) is 0 Å². The Labute approximate surface area is 136 Å². The summed E-state index contributed by atoms with van der Waals surface area (Å²) < 4.78 is 17.2. The van der Waals surface area contributed by atoms with Crippen molar-refractivity contribution in [3.8, 4) is 0 Å². The predicted molar refractivity (Wildman–Crippen MR) is 92.9 cm³/mol. The van der Waals surface area contributed by atoms with E-state index in [-0.39, 0.29) is 6.61 Å². The lowest BCUT2D eigenvalue weighted by Crippen LogP contribution is -2.55. The van der Waals surface area contributed by atoms with E-state index < -0.39 is 44.0 Å². The Kier molecular flexibility index (Phi) is 8.47. The van der Waals surface area contributed by atoms with Crippen LogP contribution < -0.4 is 5.32 Å². The number of nitrogens with one attached hydrogen (secondary N) is 1. The summed E-state index contributed by atoms with van der Waals surface area (Å²) in [6, 6.07) is 0. The van der Waals surface area contributed by atoms with Gasteiger partial charge in [-0.1, -0.05) is 0 Å². The van der Waals surface area contributed by atoms with Gasteiger partial charge in [0.25, 0.3) is 0 Å². The second-order valence-corrected chi connectivity index (χ2v) is 19.8. The number of hydrogen-bond donors (Lipinski definition) is 3. The molecule has 7 nitrogen and oxygen atoms in total. The van der Waals surface area contributed by atoms with Crippen molar-refractivity contribution in [2.24, 2.45) is 0 Å². The second-order valence-electron chi connectivity index (χ2n) is 7.26. The summed E-state index contributed by atoms with van der Waals surface area (Å²) in [5.41, 5.74) is 0. The maximum atomic E-state index is 11.5. The highest BCUT2D eigenvalue weighted by Crippen LogP contribution is 2.19. The van der Waals surface area contributed by atoms with E-state index in [0.29, 0.717) is 6.17 Å². The lowest BCUT2D eigenvalue weighted by molar-refractivity contribution is 0.0324. The SMILES string of the molecule is C[Si](C)(C)O[Si](C)(C)O[Si](C)(C)CNC(=O)OCC(O)CO. The van der Waals surface area contributed by atoms with E-state index in [1.54, 1.807) is 0 Å². The van der Waals surface area contributed by atoms with E-state index in [1.165, 1.54) is 0 Å². The fraction of sp³-hybridized carbons (Fsp3) is 0.917. The summed E-state index contributed by atoms with van der Waals surface area (Å²) >= 11 is 0. The highest BCUT2D eigenvalue weighted by atomic mass is 28.5. The Morgan fingerprint density at radius 1 is 1.09 bits per heavy atom.